The van der Waals surface area contributed by atoms with E-state index in [2.05, 4.69) is 4.98 Å². The molecule has 14 heavy (non-hydrogen) atoms. The largest absolute Gasteiger partial charge is 0.326 e. The minimum atomic E-state index is -0.232. The number of rotatable bonds is 2. The third kappa shape index (κ3) is 1.81. The molecule has 0 saturated carbocycles. The zero-order valence-corrected chi connectivity index (χ0v) is 8.22. The minimum absolute atomic E-state index is 0.232. The molecule has 0 saturated heterocycles. The molecule has 72 valence electrons. The molecule has 2 N–H and O–H groups in total. The standard InChI is InChI=1S/C10H9FN2S/c11-8-3-1-7(2-4-8)10-13-6-9(5-12)14-10/h1-4,6H,5,12H2. The summed E-state index contributed by atoms with van der Waals surface area (Å²) in [4.78, 5) is 5.23. The molecular weight excluding hydrogens is 199 g/mol. The highest BCUT2D eigenvalue weighted by atomic mass is 32.1. The summed E-state index contributed by atoms with van der Waals surface area (Å²) in [5, 5.41) is 0.880. The number of benzene rings is 1. The van der Waals surface area contributed by atoms with Gasteiger partial charge in [-0.05, 0) is 24.3 Å². The summed E-state index contributed by atoms with van der Waals surface area (Å²) in [5.41, 5.74) is 6.40. The smallest absolute Gasteiger partial charge is 0.123 e. The van der Waals surface area contributed by atoms with Crippen molar-refractivity contribution in [2.24, 2.45) is 5.73 Å². The maximum Gasteiger partial charge on any atom is 0.123 e. The summed E-state index contributed by atoms with van der Waals surface area (Å²) in [5.74, 6) is -0.232. The fourth-order valence-corrected chi connectivity index (χ4v) is 1.92. The van der Waals surface area contributed by atoms with Gasteiger partial charge in [-0.15, -0.1) is 11.3 Å². The number of hydrogen-bond acceptors (Lipinski definition) is 3. The molecule has 0 aliphatic carbocycles. The van der Waals surface area contributed by atoms with Crippen molar-refractivity contribution in [2.75, 3.05) is 0 Å². The fourth-order valence-electron chi connectivity index (χ4n) is 1.13. The van der Waals surface area contributed by atoms with Crippen molar-refractivity contribution in [1.82, 2.24) is 4.98 Å². The van der Waals surface area contributed by atoms with Crippen molar-refractivity contribution in [3.8, 4) is 10.6 Å². The maximum atomic E-state index is 12.6. The van der Waals surface area contributed by atoms with Crippen molar-refractivity contribution < 1.29 is 4.39 Å². The summed E-state index contributed by atoms with van der Waals surface area (Å²) >= 11 is 1.53. The molecule has 0 unspecified atom stereocenters. The summed E-state index contributed by atoms with van der Waals surface area (Å²) in [6, 6.07) is 6.29. The van der Waals surface area contributed by atoms with Crippen LogP contribution in [0.5, 0.6) is 0 Å². The normalized spacial score (nSPS) is 10.4. The molecule has 4 heteroatoms. The molecule has 2 nitrogen and oxygen atoms in total. The molecular formula is C10H9FN2S. The highest BCUT2D eigenvalue weighted by Gasteiger charge is 2.03. The Kier molecular flexibility index (Phi) is 2.56. The van der Waals surface area contributed by atoms with Gasteiger partial charge < -0.3 is 5.73 Å². The molecule has 1 heterocycles. The SMILES string of the molecule is NCc1cnc(-c2ccc(F)cc2)s1. The van der Waals surface area contributed by atoms with Gasteiger partial charge in [0.25, 0.3) is 0 Å². The Labute approximate surface area is 85.2 Å². The van der Waals surface area contributed by atoms with Crippen molar-refractivity contribution in [3.05, 3.63) is 41.2 Å². The van der Waals surface area contributed by atoms with Crippen LogP contribution in [-0.2, 0) is 6.54 Å². The fraction of sp³-hybridized carbons (Fsp3) is 0.100. The van der Waals surface area contributed by atoms with Crippen molar-refractivity contribution in [3.63, 3.8) is 0 Å². The second kappa shape index (κ2) is 3.86. The Morgan fingerprint density at radius 1 is 1.29 bits per heavy atom. The first-order valence-corrected chi connectivity index (χ1v) is 5.02. The Hall–Kier alpha value is -1.26. The van der Waals surface area contributed by atoms with E-state index in [0.717, 1.165) is 15.4 Å². The monoisotopic (exact) mass is 208 g/mol. The summed E-state index contributed by atoms with van der Waals surface area (Å²) in [6.07, 6.45) is 1.75. The Bertz CT molecular complexity index is 422. The molecule has 1 aromatic carbocycles. The van der Waals surface area contributed by atoms with Gasteiger partial charge in [-0.3, -0.25) is 0 Å². The zero-order chi connectivity index (χ0) is 9.97. The van der Waals surface area contributed by atoms with Crippen LogP contribution in [0.25, 0.3) is 10.6 Å². The lowest BCUT2D eigenvalue weighted by atomic mass is 10.2. The lowest BCUT2D eigenvalue weighted by molar-refractivity contribution is 0.628. The predicted octanol–water partition coefficient (Wildman–Crippen LogP) is 2.41. The number of aromatic nitrogens is 1. The van der Waals surface area contributed by atoms with Gasteiger partial charge in [-0.2, -0.15) is 0 Å². The van der Waals surface area contributed by atoms with Crippen LogP contribution in [0.15, 0.2) is 30.5 Å². The quantitative estimate of drug-likeness (QED) is 0.823. The average Bonchev–Trinajstić information content (AvgIpc) is 2.67. The molecule has 0 fully saturated rings. The lowest BCUT2D eigenvalue weighted by Crippen LogP contribution is -1.91. The van der Waals surface area contributed by atoms with Gasteiger partial charge in [0.1, 0.15) is 10.8 Å². The number of nitrogens with two attached hydrogens (primary N) is 1. The van der Waals surface area contributed by atoms with E-state index in [1.54, 1.807) is 18.3 Å². The first-order valence-electron chi connectivity index (χ1n) is 4.20. The van der Waals surface area contributed by atoms with Gasteiger partial charge in [-0.1, -0.05) is 0 Å². The number of nitrogens with zero attached hydrogens (tertiary/aromatic N) is 1. The van der Waals surface area contributed by atoms with E-state index >= 15 is 0 Å². The van der Waals surface area contributed by atoms with Gasteiger partial charge in [0.15, 0.2) is 0 Å². The van der Waals surface area contributed by atoms with Crippen LogP contribution in [0, 0.1) is 5.82 Å². The summed E-state index contributed by atoms with van der Waals surface area (Å²) in [6.45, 7) is 0.499. The molecule has 0 bridgehead atoms. The number of halogens is 1. The molecule has 0 radical (unpaired) electrons. The number of thiazole rings is 1. The van der Waals surface area contributed by atoms with Crippen LogP contribution in [0.3, 0.4) is 0 Å². The number of hydrogen-bond donors (Lipinski definition) is 1. The van der Waals surface area contributed by atoms with E-state index in [0.29, 0.717) is 6.54 Å². The van der Waals surface area contributed by atoms with Crippen LogP contribution in [0.1, 0.15) is 4.88 Å². The average molecular weight is 208 g/mol. The minimum Gasteiger partial charge on any atom is -0.326 e. The molecule has 0 aliphatic heterocycles. The van der Waals surface area contributed by atoms with Crippen LogP contribution in [0.2, 0.25) is 0 Å². The Balaban J connectivity index is 2.34. The summed E-state index contributed by atoms with van der Waals surface area (Å²) < 4.78 is 12.6. The Morgan fingerprint density at radius 2 is 2.00 bits per heavy atom. The van der Waals surface area contributed by atoms with Gasteiger partial charge >= 0.3 is 0 Å². The van der Waals surface area contributed by atoms with Crippen molar-refractivity contribution in [2.45, 2.75) is 6.54 Å². The third-order valence-corrected chi connectivity index (χ3v) is 2.91. The van der Waals surface area contributed by atoms with Gasteiger partial charge in [0.05, 0.1) is 0 Å². The van der Waals surface area contributed by atoms with E-state index in [1.165, 1.54) is 23.5 Å². The maximum absolute atomic E-state index is 12.6. The van der Waals surface area contributed by atoms with Crippen molar-refractivity contribution in [1.29, 1.82) is 0 Å². The van der Waals surface area contributed by atoms with Crippen molar-refractivity contribution >= 4 is 11.3 Å². The van der Waals surface area contributed by atoms with Crippen LogP contribution >= 0.6 is 11.3 Å². The van der Waals surface area contributed by atoms with E-state index in [1.807, 2.05) is 0 Å². The topological polar surface area (TPSA) is 38.9 Å². The Morgan fingerprint density at radius 3 is 2.57 bits per heavy atom. The summed E-state index contributed by atoms with van der Waals surface area (Å²) in [7, 11) is 0. The van der Waals surface area contributed by atoms with Gasteiger partial charge in [-0.25, -0.2) is 9.37 Å². The van der Waals surface area contributed by atoms with E-state index in [9.17, 15) is 4.39 Å². The van der Waals surface area contributed by atoms with E-state index in [4.69, 9.17) is 5.73 Å². The molecule has 0 aliphatic rings. The van der Waals surface area contributed by atoms with Crippen LogP contribution in [0.4, 0.5) is 4.39 Å². The van der Waals surface area contributed by atoms with E-state index < -0.39 is 0 Å². The molecule has 2 rings (SSSR count). The van der Waals surface area contributed by atoms with Gasteiger partial charge in [0.2, 0.25) is 0 Å². The van der Waals surface area contributed by atoms with Crippen LogP contribution < -0.4 is 5.73 Å². The lowest BCUT2D eigenvalue weighted by Gasteiger charge is -1.94. The highest BCUT2D eigenvalue weighted by molar-refractivity contribution is 7.15. The molecule has 0 amide bonds. The first kappa shape index (κ1) is 9.30. The van der Waals surface area contributed by atoms with E-state index in [-0.39, 0.29) is 5.82 Å². The first-order chi connectivity index (χ1) is 6.79. The second-order valence-corrected chi connectivity index (χ2v) is 3.96. The van der Waals surface area contributed by atoms with Gasteiger partial charge in [0, 0.05) is 23.2 Å². The van der Waals surface area contributed by atoms with Crippen LogP contribution in [-0.4, -0.2) is 4.98 Å². The molecule has 1 aromatic heterocycles. The molecule has 0 spiro atoms. The zero-order valence-electron chi connectivity index (χ0n) is 7.40. The third-order valence-electron chi connectivity index (χ3n) is 1.85. The highest BCUT2D eigenvalue weighted by Crippen LogP contribution is 2.24. The molecule has 2 aromatic rings. The second-order valence-electron chi connectivity index (χ2n) is 2.84. The predicted molar refractivity (Wildman–Crippen MR) is 55.4 cm³/mol. The molecule has 0 atom stereocenters.